The van der Waals surface area contributed by atoms with Gasteiger partial charge in [0.1, 0.15) is 5.82 Å². The molecule has 1 aromatic rings. The zero-order chi connectivity index (χ0) is 12.0. The number of nitrogens with two attached hydrogens (primary N) is 1. The van der Waals surface area contributed by atoms with E-state index in [9.17, 15) is 4.79 Å². The summed E-state index contributed by atoms with van der Waals surface area (Å²) >= 11 is 0. The highest BCUT2D eigenvalue weighted by molar-refractivity contribution is 5.94. The van der Waals surface area contributed by atoms with Crippen LogP contribution in [0.3, 0.4) is 0 Å². The maximum absolute atomic E-state index is 11.7. The van der Waals surface area contributed by atoms with Gasteiger partial charge in [0.2, 0.25) is 0 Å². The highest BCUT2D eigenvalue weighted by Gasteiger charge is 2.09. The first-order chi connectivity index (χ1) is 7.63. The van der Waals surface area contributed by atoms with Crippen molar-refractivity contribution in [2.45, 2.75) is 19.4 Å². The van der Waals surface area contributed by atoms with Gasteiger partial charge < -0.3 is 15.8 Å². The number of nitrogen functional groups attached to an aromatic ring is 1. The van der Waals surface area contributed by atoms with Crippen LogP contribution >= 0.6 is 0 Å². The molecule has 0 aliphatic carbocycles. The lowest BCUT2D eigenvalue weighted by molar-refractivity contribution is 0.0929. The van der Waals surface area contributed by atoms with Crippen LogP contribution in [-0.2, 0) is 4.74 Å². The monoisotopic (exact) mass is 223 g/mol. The Hall–Kier alpha value is -1.62. The third-order valence-electron chi connectivity index (χ3n) is 2.18. The van der Waals surface area contributed by atoms with Crippen LogP contribution in [-0.4, -0.2) is 30.6 Å². The van der Waals surface area contributed by atoms with Crippen molar-refractivity contribution in [2.24, 2.45) is 0 Å². The standard InChI is InChI=1S/C11H17N3O2/c1-8(5-6-16-2)14-11(15)9-3-4-10(12)13-7-9/h3-4,7-8H,5-6H2,1-2H3,(H2,12,13)(H,14,15). The van der Waals surface area contributed by atoms with Crippen molar-refractivity contribution in [3.8, 4) is 0 Å². The van der Waals surface area contributed by atoms with Crippen LogP contribution in [0.2, 0.25) is 0 Å². The van der Waals surface area contributed by atoms with E-state index in [0.29, 0.717) is 18.0 Å². The lowest BCUT2D eigenvalue weighted by atomic mass is 10.2. The van der Waals surface area contributed by atoms with E-state index >= 15 is 0 Å². The number of aromatic nitrogens is 1. The first-order valence-corrected chi connectivity index (χ1v) is 5.15. The lowest BCUT2D eigenvalue weighted by Gasteiger charge is -2.13. The van der Waals surface area contributed by atoms with Crippen molar-refractivity contribution in [3.05, 3.63) is 23.9 Å². The van der Waals surface area contributed by atoms with Crippen molar-refractivity contribution in [3.63, 3.8) is 0 Å². The quantitative estimate of drug-likeness (QED) is 0.774. The normalized spacial score (nSPS) is 12.1. The fourth-order valence-corrected chi connectivity index (χ4v) is 1.21. The highest BCUT2D eigenvalue weighted by atomic mass is 16.5. The van der Waals surface area contributed by atoms with Crippen molar-refractivity contribution < 1.29 is 9.53 Å². The van der Waals surface area contributed by atoms with Gasteiger partial charge in [-0.15, -0.1) is 0 Å². The van der Waals surface area contributed by atoms with Gasteiger partial charge in [-0.25, -0.2) is 4.98 Å². The van der Waals surface area contributed by atoms with Crippen LogP contribution in [0.5, 0.6) is 0 Å². The van der Waals surface area contributed by atoms with Gasteiger partial charge in [-0.1, -0.05) is 0 Å². The van der Waals surface area contributed by atoms with E-state index in [1.54, 1.807) is 19.2 Å². The molecular weight excluding hydrogens is 206 g/mol. The predicted molar refractivity (Wildman–Crippen MR) is 62.1 cm³/mol. The van der Waals surface area contributed by atoms with Crippen molar-refractivity contribution in [1.29, 1.82) is 0 Å². The van der Waals surface area contributed by atoms with Crippen LogP contribution < -0.4 is 11.1 Å². The van der Waals surface area contributed by atoms with E-state index in [4.69, 9.17) is 10.5 Å². The molecule has 5 nitrogen and oxygen atoms in total. The average Bonchev–Trinajstić information content (AvgIpc) is 2.27. The van der Waals surface area contributed by atoms with Crippen LogP contribution in [0.15, 0.2) is 18.3 Å². The average molecular weight is 223 g/mol. The number of anilines is 1. The maximum Gasteiger partial charge on any atom is 0.253 e. The van der Waals surface area contributed by atoms with E-state index in [1.165, 1.54) is 6.20 Å². The number of carbonyl (C=O) groups excluding carboxylic acids is 1. The molecule has 1 unspecified atom stereocenters. The Labute approximate surface area is 95.0 Å². The molecule has 88 valence electrons. The number of rotatable bonds is 5. The topological polar surface area (TPSA) is 77.2 Å². The van der Waals surface area contributed by atoms with E-state index < -0.39 is 0 Å². The molecule has 1 heterocycles. The lowest BCUT2D eigenvalue weighted by Crippen LogP contribution is -2.33. The third-order valence-corrected chi connectivity index (χ3v) is 2.18. The van der Waals surface area contributed by atoms with Gasteiger partial charge in [0.05, 0.1) is 5.56 Å². The summed E-state index contributed by atoms with van der Waals surface area (Å²) in [6, 6.07) is 3.33. The van der Waals surface area contributed by atoms with E-state index in [0.717, 1.165) is 6.42 Å². The largest absolute Gasteiger partial charge is 0.385 e. The number of nitrogens with one attached hydrogen (secondary N) is 1. The Bertz CT molecular complexity index is 338. The minimum absolute atomic E-state index is 0.0741. The third kappa shape index (κ3) is 3.86. The Morgan fingerprint density at radius 2 is 2.38 bits per heavy atom. The SMILES string of the molecule is COCCC(C)NC(=O)c1ccc(N)nc1. The molecule has 0 fully saturated rings. The van der Waals surface area contributed by atoms with E-state index in [1.807, 2.05) is 6.92 Å². The van der Waals surface area contributed by atoms with Gasteiger partial charge in [-0.2, -0.15) is 0 Å². The molecule has 0 saturated heterocycles. The van der Waals surface area contributed by atoms with Gasteiger partial charge in [-0.05, 0) is 25.5 Å². The minimum atomic E-state index is -0.142. The molecule has 16 heavy (non-hydrogen) atoms. The van der Waals surface area contributed by atoms with Gasteiger partial charge in [0.25, 0.3) is 5.91 Å². The molecule has 5 heteroatoms. The molecule has 3 N–H and O–H groups in total. The van der Waals surface area contributed by atoms with E-state index in [2.05, 4.69) is 10.3 Å². The number of carbonyl (C=O) groups is 1. The van der Waals surface area contributed by atoms with Crippen molar-refractivity contribution in [1.82, 2.24) is 10.3 Å². The number of methoxy groups -OCH3 is 1. The Morgan fingerprint density at radius 1 is 1.62 bits per heavy atom. The number of hydrogen-bond donors (Lipinski definition) is 2. The predicted octanol–water partition coefficient (Wildman–Crippen LogP) is 0.819. The van der Waals surface area contributed by atoms with Gasteiger partial charge in [-0.3, -0.25) is 4.79 Å². The van der Waals surface area contributed by atoms with Crippen LogP contribution in [0.25, 0.3) is 0 Å². The van der Waals surface area contributed by atoms with Crippen LogP contribution in [0.1, 0.15) is 23.7 Å². The second-order valence-electron chi connectivity index (χ2n) is 3.63. The summed E-state index contributed by atoms with van der Waals surface area (Å²) in [5.41, 5.74) is 5.95. The molecule has 1 aromatic heterocycles. The summed E-state index contributed by atoms with van der Waals surface area (Å²) in [5.74, 6) is 0.264. The summed E-state index contributed by atoms with van der Waals surface area (Å²) in [7, 11) is 1.64. The first-order valence-electron chi connectivity index (χ1n) is 5.15. The summed E-state index contributed by atoms with van der Waals surface area (Å²) in [4.78, 5) is 15.6. The second kappa shape index (κ2) is 6.07. The zero-order valence-corrected chi connectivity index (χ0v) is 9.56. The molecule has 0 aliphatic heterocycles. The summed E-state index contributed by atoms with van der Waals surface area (Å²) in [5, 5.41) is 2.85. The van der Waals surface area contributed by atoms with Gasteiger partial charge >= 0.3 is 0 Å². The maximum atomic E-state index is 11.7. The molecule has 0 bridgehead atoms. The Balaban J connectivity index is 2.48. The Morgan fingerprint density at radius 3 is 2.94 bits per heavy atom. The number of amides is 1. The molecule has 0 saturated carbocycles. The van der Waals surface area contributed by atoms with E-state index in [-0.39, 0.29) is 11.9 Å². The highest BCUT2D eigenvalue weighted by Crippen LogP contribution is 2.02. The zero-order valence-electron chi connectivity index (χ0n) is 9.56. The molecule has 1 amide bonds. The smallest absolute Gasteiger partial charge is 0.253 e. The number of pyridine rings is 1. The molecule has 0 aromatic carbocycles. The summed E-state index contributed by atoms with van der Waals surface area (Å²) < 4.78 is 4.94. The molecule has 1 rings (SSSR count). The van der Waals surface area contributed by atoms with Crippen molar-refractivity contribution in [2.75, 3.05) is 19.5 Å². The number of nitrogens with zero attached hydrogens (tertiary/aromatic N) is 1. The molecule has 0 aliphatic rings. The minimum Gasteiger partial charge on any atom is -0.385 e. The first kappa shape index (κ1) is 12.4. The molecule has 1 atom stereocenters. The fourth-order valence-electron chi connectivity index (χ4n) is 1.21. The second-order valence-corrected chi connectivity index (χ2v) is 3.63. The number of ether oxygens (including phenoxy) is 1. The van der Waals surface area contributed by atoms with Gasteiger partial charge in [0.15, 0.2) is 0 Å². The van der Waals surface area contributed by atoms with Gasteiger partial charge in [0, 0.05) is 26.0 Å². The summed E-state index contributed by atoms with van der Waals surface area (Å²) in [6.45, 7) is 2.56. The number of hydrogen-bond acceptors (Lipinski definition) is 4. The fraction of sp³-hybridized carbons (Fsp3) is 0.455. The summed E-state index contributed by atoms with van der Waals surface area (Å²) in [6.07, 6.45) is 2.25. The van der Waals surface area contributed by atoms with Crippen LogP contribution in [0, 0.1) is 0 Å². The molecule has 0 spiro atoms. The van der Waals surface area contributed by atoms with Crippen molar-refractivity contribution >= 4 is 11.7 Å². The molecule has 0 radical (unpaired) electrons. The van der Waals surface area contributed by atoms with Crippen LogP contribution in [0.4, 0.5) is 5.82 Å². The Kier molecular flexibility index (Phi) is 4.72. The molecular formula is C11H17N3O2.